The largest absolute Gasteiger partial charge is 0.381 e. The van der Waals surface area contributed by atoms with Gasteiger partial charge in [-0.1, -0.05) is 0 Å². The molecule has 18 heavy (non-hydrogen) atoms. The molecule has 0 spiro atoms. The summed E-state index contributed by atoms with van der Waals surface area (Å²) in [5.41, 5.74) is 0.878. The Kier molecular flexibility index (Phi) is 5.36. The summed E-state index contributed by atoms with van der Waals surface area (Å²) in [4.78, 5) is 8.57. The first-order valence-corrected chi connectivity index (χ1v) is 6.58. The molecule has 0 aromatic carbocycles. The van der Waals surface area contributed by atoms with Crippen LogP contribution in [0.4, 0.5) is 5.82 Å². The van der Waals surface area contributed by atoms with Gasteiger partial charge < -0.3 is 14.8 Å². The maximum absolute atomic E-state index is 5.68. The van der Waals surface area contributed by atoms with Crippen molar-refractivity contribution in [1.29, 1.82) is 0 Å². The van der Waals surface area contributed by atoms with Crippen LogP contribution in [0.1, 0.15) is 25.5 Å². The first-order valence-electron chi connectivity index (χ1n) is 6.58. The lowest BCUT2D eigenvalue weighted by molar-refractivity contribution is 0.0149. The molecule has 1 aliphatic heterocycles. The van der Waals surface area contributed by atoms with E-state index >= 15 is 0 Å². The van der Waals surface area contributed by atoms with Gasteiger partial charge in [0.2, 0.25) is 0 Å². The van der Waals surface area contributed by atoms with Crippen LogP contribution in [0.5, 0.6) is 0 Å². The van der Waals surface area contributed by atoms with Gasteiger partial charge in [0.15, 0.2) is 0 Å². The molecule has 1 aromatic rings. The van der Waals surface area contributed by atoms with Crippen molar-refractivity contribution < 1.29 is 9.47 Å². The normalized spacial score (nSPS) is 16.7. The second-order valence-electron chi connectivity index (χ2n) is 4.49. The average molecular weight is 251 g/mol. The minimum atomic E-state index is 0.538. The van der Waals surface area contributed by atoms with Gasteiger partial charge in [-0.2, -0.15) is 0 Å². The SMILES string of the molecule is CCNc1cnc(COCC2CCOCC2)cn1. The van der Waals surface area contributed by atoms with Gasteiger partial charge in [-0.15, -0.1) is 0 Å². The topological polar surface area (TPSA) is 56.3 Å². The van der Waals surface area contributed by atoms with Crippen molar-refractivity contribution >= 4 is 5.82 Å². The molecule has 5 nitrogen and oxygen atoms in total. The molecule has 1 saturated heterocycles. The van der Waals surface area contributed by atoms with Gasteiger partial charge in [-0.25, -0.2) is 4.98 Å². The molecule has 100 valence electrons. The maximum atomic E-state index is 5.68. The van der Waals surface area contributed by atoms with Crippen molar-refractivity contribution in [2.45, 2.75) is 26.4 Å². The Labute approximate surface area is 108 Å². The highest BCUT2D eigenvalue weighted by Crippen LogP contribution is 2.15. The van der Waals surface area contributed by atoms with Gasteiger partial charge in [-0.05, 0) is 25.7 Å². The van der Waals surface area contributed by atoms with Crippen LogP contribution in [-0.2, 0) is 16.1 Å². The zero-order chi connectivity index (χ0) is 12.6. The molecule has 1 fully saturated rings. The molecule has 0 saturated carbocycles. The van der Waals surface area contributed by atoms with Crippen molar-refractivity contribution in [1.82, 2.24) is 9.97 Å². The summed E-state index contributed by atoms with van der Waals surface area (Å²) in [6.45, 7) is 5.95. The molecule has 0 aliphatic carbocycles. The fourth-order valence-corrected chi connectivity index (χ4v) is 1.94. The molecule has 2 rings (SSSR count). The van der Waals surface area contributed by atoms with Gasteiger partial charge in [0.05, 0.1) is 31.3 Å². The molecular formula is C13H21N3O2. The van der Waals surface area contributed by atoms with Crippen LogP contribution in [0.25, 0.3) is 0 Å². The quantitative estimate of drug-likeness (QED) is 0.836. The molecule has 5 heteroatoms. The summed E-state index contributed by atoms with van der Waals surface area (Å²) < 4.78 is 11.0. The van der Waals surface area contributed by atoms with Crippen molar-refractivity contribution in [3.05, 3.63) is 18.1 Å². The highest BCUT2D eigenvalue weighted by Gasteiger charge is 2.13. The van der Waals surface area contributed by atoms with E-state index in [0.29, 0.717) is 12.5 Å². The number of hydrogen-bond donors (Lipinski definition) is 1. The van der Waals surface area contributed by atoms with E-state index in [1.54, 1.807) is 12.4 Å². The molecule has 2 heterocycles. The van der Waals surface area contributed by atoms with E-state index in [2.05, 4.69) is 15.3 Å². The van der Waals surface area contributed by atoms with E-state index in [1.165, 1.54) is 0 Å². The molecule has 1 N–H and O–H groups in total. The second kappa shape index (κ2) is 7.28. The van der Waals surface area contributed by atoms with Crippen LogP contribution in [0, 0.1) is 5.92 Å². The third-order valence-electron chi connectivity index (χ3n) is 3.01. The van der Waals surface area contributed by atoms with Gasteiger partial charge in [0.25, 0.3) is 0 Å². The van der Waals surface area contributed by atoms with Crippen molar-refractivity contribution in [3.63, 3.8) is 0 Å². The van der Waals surface area contributed by atoms with Crippen LogP contribution < -0.4 is 5.32 Å². The third-order valence-corrected chi connectivity index (χ3v) is 3.01. The Morgan fingerprint density at radius 2 is 2.17 bits per heavy atom. The van der Waals surface area contributed by atoms with Crippen LogP contribution >= 0.6 is 0 Å². The highest BCUT2D eigenvalue weighted by molar-refractivity contribution is 5.30. The molecular weight excluding hydrogens is 230 g/mol. The summed E-state index contributed by atoms with van der Waals surface area (Å²) in [7, 11) is 0. The monoisotopic (exact) mass is 251 g/mol. The molecule has 0 radical (unpaired) electrons. The predicted octanol–water partition coefficient (Wildman–Crippen LogP) is 1.85. The first-order chi connectivity index (χ1) is 8.88. The molecule has 1 aromatic heterocycles. The fourth-order valence-electron chi connectivity index (χ4n) is 1.94. The van der Waals surface area contributed by atoms with Crippen LogP contribution in [-0.4, -0.2) is 36.3 Å². The van der Waals surface area contributed by atoms with Crippen molar-refractivity contribution in [3.8, 4) is 0 Å². The lowest BCUT2D eigenvalue weighted by Crippen LogP contribution is -2.20. The third kappa shape index (κ3) is 4.23. The van der Waals surface area contributed by atoms with Gasteiger partial charge in [0, 0.05) is 19.8 Å². The summed E-state index contributed by atoms with van der Waals surface area (Å²) >= 11 is 0. The summed E-state index contributed by atoms with van der Waals surface area (Å²) in [5, 5.41) is 3.11. The van der Waals surface area contributed by atoms with E-state index in [1.807, 2.05) is 6.92 Å². The Morgan fingerprint density at radius 3 is 2.83 bits per heavy atom. The van der Waals surface area contributed by atoms with Gasteiger partial charge in [-0.3, -0.25) is 4.98 Å². The van der Waals surface area contributed by atoms with Gasteiger partial charge >= 0.3 is 0 Å². The smallest absolute Gasteiger partial charge is 0.144 e. The summed E-state index contributed by atoms with van der Waals surface area (Å²) in [5.74, 6) is 1.44. The fraction of sp³-hybridized carbons (Fsp3) is 0.692. The number of hydrogen-bond acceptors (Lipinski definition) is 5. The van der Waals surface area contributed by atoms with E-state index in [-0.39, 0.29) is 0 Å². The molecule has 1 aliphatic rings. The predicted molar refractivity (Wildman–Crippen MR) is 69.4 cm³/mol. The molecule has 0 atom stereocenters. The number of aromatic nitrogens is 2. The Balaban J connectivity index is 1.69. The molecule has 0 bridgehead atoms. The standard InChI is InChI=1S/C13H21N3O2/c1-2-14-13-8-15-12(7-16-13)10-18-9-11-3-5-17-6-4-11/h7-8,11H,2-6,9-10H2,1H3,(H,14,16). The highest BCUT2D eigenvalue weighted by atomic mass is 16.5. The Morgan fingerprint density at radius 1 is 1.33 bits per heavy atom. The zero-order valence-corrected chi connectivity index (χ0v) is 10.9. The molecule has 0 unspecified atom stereocenters. The zero-order valence-electron chi connectivity index (χ0n) is 10.9. The number of nitrogens with one attached hydrogen (secondary N) is 1. The van der Waals surface area contributed by atoms with E-state index < -0.39 is 0 Å². The minimum Gasteiger partial charge on any atom is -0.381 e. The number of anilines is 1. The van der Waals surface area contributed by atoms with Crippen LogP contribution in [0.2, 0.25) is 0 Å². The first kappa shape index (κ1) is 13.2. The number of rotatable bonds is 6. The lowest BCUT2D eigenvalue weighted by atomic mass is 10.0. The van der Waals surface area contributed by atoms with Crippen LogP contribution in [0.3, 0.4) is 0 Å². The lowest BCUT2D eigenvalue weighted by Gasteiger charge is -2.21. The Bertz CT molecular complexity index is 337. The molecule has 0 amide bonds. The minimum absolute atomic E-state index is 0.538. The van der Waals surface area contributed by atoms with Crippen molar-refractivity contribution in [2.75, 3.05) is 31.7 Å². The van der Waals surface area contributed by atoms with E-state index in [4.69, 9.17) is 9.47 Å². The summed E-state index contributed by atoms with van der Waals surface area (Å²) in [6, 6.07) is 0. The van der Waals surface area contributed by atoms with E-state index in [9.17, 15) is 0 Å². The average Bonchev–Trinajstić information content (AvgIpc) is 2.42. The van der Waals surface area contributed by atoms with Gasteiger partial charge in [0.1, 0.15) is 5.82 Å². The number of nitrogens with zero attached hydrogens (tertiary/aromatic N) is 2. The number of ether oxygens (including phenoxy) is 2. The Hall–Kier alpha value is -1.20. The second-order valence-corrected chi connectivity index (χ2v) is 4.49. The van der Waals surface area contributed by atoms with E-state index in [0.717, 1.165) is 50.7 Å². The van der Waals surface area contributed by atoms with Crippen LogP contribution in [0.15, 0.2) is 12.4 Å². The van der Waals surface area contributed by atoms with Crippen molar-refractivity contribution in [2.24, 2.45) is 5.92 Å². The maximum Gasteiger partial charge on any atom is 0.144 e. The summed E-state index contributed by atoms with van der Waals surface area (Å²) in [6.07, 6.45) is 5.72.